The van der Waals surface area contributed by atoms with E-state index >= 15 is 0 Å². The van der Waals surface area contributed by atoms with Crippen LogP contribution < -0.4 is 10.6 Å². The van der Waals surface area contributed by atoms with Gasteiger partial charge in [0.1, 0.15) is 12.1 Å². The molecule has 6 nitrogen and oxygen atoms in total. The maximum atomic E-state index is 11.7. The Hall–Kier alpha value is -3.59. The molecular weight excluding hydrogens is 328 g/mol. The fraction of sp³-hybridized carbons (Fsp3) is 0.150. The minimum Gasteiger partial charge on any atom is -0.444 e. The SMILES string of the molecule is C#CCNC(=O)c1ccc(NCCc2coc(-c3ccccc3)n2)nc1. The van der Waals surface area contributed by atoms with Crippen molar-refractivity contribution < 1.29 is 9.21 Å². The molecule has 2 N–H and O–H groups in total. The lowest BCUT2D eigenvalue weighted by Gasteiger charge is -2.05. The van der Waals surface area contributed by atoms with Gasteiger partial charge in [-0.3, -0.25) is 4.79 Å². The van der Waals surface area contributed by atoms with Crippen LogP contribution in [0.25, 0.3) is 11.5 Å². The maximum Gasteiger partial charge on any atom is 0.253 e. The number of carbonyl (C=O) groups is 1. The summed E-state index contributed by atoms with van der Waals surface area (Å²) in [4.78, 5) is 20.5. The number of nitrogens with one attached hydrogen (secondary N) is 2. The van der Waals surface area contributed by atoms with E-state index in [1.165, 1.54) is 6.20 Å². The largest absolute Gasteiger partial charge is 0.444 e. The van der Waals surface area contributed by atoms with E-state index in [2.05, 4.69) is 26.5 Å². The first-order valence-electron chi connectivity index (χ1n) is 8.17. The molecule has 0 saturated carbocycles. The summed E-state index contributed by atoms with van der Waals surface area (Å²) >= 11 is 0. The summed E-state index contributed by atoms with van der Waals surface area (Å²) in [5.41, 5.74) is 2.28. The van der Waals surface area contributed by atoms with Crippen molar-refractivity contribution >= 4 is 11.7 Å². The number of anilines is 1. The van der Waals surface area contributed by atoms with E-state index in [4.69, 9.17) is 10.8 Å². The number of hydrogen-bond donors (Lipinski definition) is 2. The molecule has 1 aromatic carbocycles. The zero-order valence-corrected chi connectivity index (χ0v) is 14.1. The van der Waals surface area contributed by atoms with E-state index in [0.29, 0.717) is 30.2 Å². The lowest BCUT2D eigenvalue weighted by atomic mass is 10.2. The Balaban J connectivity index is 1.50. The molecule has 0 atom stereocenters. The molecule has 0 spiro atoms. The molecule has 0 aliphatic carbocycles. The molecule has 0 saturated heterocycles. The number of nitrogens with zero attached hydrogens (tertiary/aromatic N) is 2. The number of oxazole rings is 1. The minimum absolute atomic E-state index is 0.196. The quantitative estimate of drug-likeness (QED) is 0.643. The number of rotatable bonds is 7. The zero-order valence-electron chi connectivity index (χ0n) is 14.1. The maximum absolute atomic E-state index is 11.7. The molecule has 0 radical (unpaired) electrons. The van der Waals surface area contributed by atoms with Gasteiger partial charge in [0.05, 0.1) is 17.8 Å². The highest BCUT2D eigenvalue weighted by Gasteiger charge is 2.07. The Bertz CT molecular complexity index is 896. The fourth-order valence-electron chi connectivity index (χ4n) is 2.32. The summed E-state index contributed by atoms with van der Waals surface area (Å²) in [7, 11) is 0. The number of carbonyl (C=O) groups excluding carboxylic acids is 1. The second-order valence-corrected chi connectivity index (χ2v) is 5.51. The fourth-order valence-corrected chi connectivity index (χ4v) is 2.32. The molecule has 0 bridgehead atoms. The number of amides is 1. The molecule has 0 unspecified atom stereocenters. The van der Waals surface area contributed by atoms with Gasteiger partial charge >= 0.3 is 0 Å². The third-order valence-corrected chi connectivity index (χ3v) is 3.64. The van der Waals surface area contributed by atoms with Crippen molar-refractivity contribution in [1.82, 2.24) is 15.3 Å². The van der Waals surface area contributed by atoms with Crippen molar-refractivity contribution in [2.24, 2.45) is 0 Å². The first-order valence-corrected chi connectivity index (χ1v) is 8.17. The average Bonchev–Trinajstić information content (AvgIpc) is 3.16. The minimum atomic E-state index is -0.238. The highest BCUT2D eigenvalue weighted by Crippen LogP contribution is 2.18. The van der Waals surface area contributed by atoms with Crippen molar-refractivity contribution in [2.45, 2.75) is 6.42 Å². The Morgan fingerprint density at radius 1 is 1.19 bits per heavy atom. The van der Waals surface area contributed by atoms with Gasteiger partial charge in [-0.25, -0.2) is 9.97 Å². The normalized spacial score (nSPS) is 10.1. The van der Waals surface area contributed by atoms with Crippen LogP contribution in [0.3, 0.4) is 0 Å². The number of aromatic nitrogens is 2. The molecule has 3 rings (SSSR count). The molecule has 0 aliphatic rings. The molecule has 2 aromatic heterocycles. The topological polar surface area (TPSA) is 80.0 Å². The van der Waals surface area contributed by atoms with Crippen LogP contribution in [0.1, 0.15) is 16.1 Å². The highest BCUT2D eigenvalue weighted by molar-refractivity contribution is 5.94. The molecule has 6 heteroatoms. The van der Waals surface area contributed by atoms with Gasteiger partial charge in [0.25, 0.3) is 5.91 Å². The highest BCUT2D eigenvalue weighted by atomic mass is 16.3. The summed E-state index contributed by atoms with van der Waals surface area (Å²) in [5, 5.41) is 5.79. The summed E-state index contributed by atoms with van der Waals surface area (Å²) in [5.74, 6) is 3.42. The van der Waals surface area contributed by atoms with E-state index in [-0.39, 0.29) is 12.5 Å². The number of pyridine rings is 1. The third kappa shape index (κ3) is 4.48. The standard InChI is InChI=1S/C20H18N4O2/c1-2-11-22-19(25)16-8-9-18(23-13-16)21-12-10-17-14-26-20(24-17)15-6-4-3-5-7-15/h1,3-9,13-14H,10-12H2,(H,21,23)(H,22,25). The van der Waals surface area contributed by atoms with Gasteiger partial charge in [-0.15, -0.1) is 6.42 Å². The second kappa shape index (κ2) is 8.49. The first-order chi connectivity index (χ1) is 12.8. The van der Waals surface area contributed by atoms with Crippen molar-refractivity contribution in [3.63, 3.8) is 0 Å². The molecule has 2 heterocycles. The van der Waals surface area contributed by atoms with Crippen LogP contribution in [0.4, 0.5) is 5.82 Å². The summed E-state index contributed by atoms with van der Waals surface area (Å²) in [6.45, 7) is 0.845. The summed E-state index contributed by atoms with van der Waals surface area (Å²) < 4.78 is 5.51. The van der Waals surface area contributed by atoms with Crippen LogP contribution in [-0.2, 0) is 6.42 Å². The van der Waals surface area contributed by atoms with Gasteiger partial charge in [0.15, 0.2) is 0 Å². The first kappa shape index (κ1) is 17.2. The van der Waals surface area contributed by atoms with E-state index in [1.54, 1.807) is 18.4 Å². The predicted molar refractivity (Wildman–Crippen MR) is 99.5 cm³/mol. The van der Waals surface area contributed by atoms with Crippen molar-refractivity contribution in [3.05, 3.63) is 66.2 Å². The number of benzene rings is 1. The van der Waals surface area contributed by atoms with Crippen molar-refractivity contribution in [1.29, 1.82) is 0 Å². The third-order valence-electron chi connectivity index (χ3n) is 3.64. The van der Waals surface area contributed by atoms with Crippen LogP contribution in [0, 0.1) is 12.3 Å². The number of terminal acetylenes is 1. The average molecular weight is 346 g/mol. The monoisotopic (exact) mass is 346 g/mol. The number of hydrogen-bond acceptors (Lipinski definition) is 5. The smallest absolute Gasteiger partial charge is 0.253 e. The van der Waals surface area contributed by atoms with E-state index in [1.807, 2.05) is 30.3 Å². The van der Waals surface area contributed by atoms with Gasteiger partial charge in [-0.05, 0) is 24.3 Å². The lowest BCUT2D eigenvalue weighted by molar-refractivity contribution is 0.0958. The Labute approximate surface area is 151 Å². The summed E-state index contributed by atoms with van der Waals surface area (Å²) in [6.07, 6.45) is 8.99. The van der Waals surface area contributed by atoms with Gasteiger partial charge in [-0.1, -0.05) is 24.1 Å². The molecule has 0 fully saturated rings. The van der Waals surface area contributed by atoms with E-state index < -0.39 is 0 Å². The molecule has 0 aliphatic heterocycles. The molecular formula is C20H18N4O2. The Morgan fingerprint density at radius 3 is 2.77 bits per heavy atom. The van der Waals surface area contributed by atoms with E-state index in [9.17, 15) is 4.79 Å². The lowest BCUT2D eigenvalue weighted by Crippen LogP contribution is -2.23. The second-order valence-electron chi connectivity index (χ2n) is 5.51. The van der Waals surface area contributed by atoms with Gasteiger partial charge in [0, 0.05) is 24.7 Å². The van der Waals surface area contributed by atoms with Gasteiger partial charge in [-0.2, -0.15) is 0 Å². The Kier molecular flexibility index (Phi) is 5.63. The Morgan fingerprint density at radius 2 is 2.04 bits per heavy atom. The van der Waals surface area contributed by atoms with Gasteiger partial charge in [0.2, 0.25) is 5.89 Å². The van der Waals surface area contributed by atoms with Crippen LogP contribution in [0.15, 0.2) is 59.3 Å². The zero-order chi connectivity index (χ0) is 18.2. The van der Waals surface area contributed by atoms with Crippen molar-refractivity contribution in [3.8, 4) is 23.8 Å². The molecule has 1 amide bonds. The predicted octanol–water partition coefficient (Wildman–Crippen LogP) is 2.75. The van der Waals surface area contributed by atoms with Gasteiger partial charge < -0.3 is 15.1 Å². The molecule has 3 aromatic rings. The van der Waals surface area contributed by atoms with Crippen molar-refractivity contribution in [2.75, 3.05) is 18.4 Å². The summed E-state index contributed by atoms with van der Waals surface area (Å²) in [6, 6.07) is 13.2. The van der Waals surface area contributed by atoms with Crippen LogP contribution >= 0.6 is 0 Å². The van der Waals surface area contributed by atoms with Crippen LogP contribution in [0.2, 0.25) is 0 Å². The molecule has 130 valence electrons. The van der Waals surface area contributed by atoms with Crippen LogP contribution in [0.5, 0.6) is 0 Å². The van der Waals surface area contributed by atoms with Crippen LogP contribution in [-0.4, -0.2) is 29.0 Å². The van der Waals surface area contributed by atoms with E-state index in [0.717, 1.165) is 11.3 Å². The molecule has 26 heavy (non-hydrogen) atoms.